The van der Waals surface area contributed by atoms with E-state index in [1.165, 1.54) is 10.9 Å². The molecule has 0 spiro atoms. The van der Waals surface area contributed by atoms with Gasteiger partial charge in [-0.1, -0.05) is 6.07 Å². The van der Waals surface area contributed by atoms with Crippen molar-refractivity contribution < 1.29 is 9.13 Å². The lowest BCUT2D eigenvalue weighted by atomic mass is 10.2. The van der Waals surface area contributed by atoms with Gasteiger partial charge in [0.2, 0.25) is 0 Å². The molecule has 0 unspecified atom stereocenters. The van der Waals surface area contributed by atoms with Crippen LogP contribution in [-0.2, 0) is 13.1 Å². The van der Waals surface area contributed by atoms with Gasteiger partial charge in [0.25, 0.3) is 0 Å². The lowest BCUT2D eigenvalue weighted by Gasteiger charge is -2.10. The standard InChI is InChI=1S/C17H23FN4OS.HI/c1-4-19-17(22-11-16-20-9-12(3)24-16)21-10-13-6-7-15(23-5-2)14(18)8-13;/h6-9H,4-5,10-11H2,1-3H3,(H2,19,21,22);1H. The van der Waals surface area contributed by atoms with E-state index in [1.54, 1.807) is 17.4 Å². The largest absolute Gasteiger partial charge is 0.491 e. The minimum absolute atomic E-state index is 0. The molecule has 1 aromatic carbocycles. The maximum Gasteiger partial charge on any atom is 0.191 e. The van der Waals surface area contributed by atoms with Crippen molar-refractivity contribution >= 4 is 41.3 Å². The van der Waals surface area contributed by atoms with E-state index in [-0.39, 0.29) is 35.5 Å². The number of guanidine groups is 1. The van der Waals surface area contributed by atoms with E-state index in [4.69, 9.17) is 4.74 Å². The van der Waals surface area contributed by atoms with Crippen LogP contribution in [0.25, 0.3) is 0 Å². The average Bonchev–Trinajstić information content (AvgIpc) is 2.98. The van der Waals surface area contributed by atoms with E-state index in [9.17, 15) is 4.39 Å². The van der Waals surface area contributed by atoms with Gasteiger partial charge in [0.05, 0.1) is 19.7 Å². The summed E-state index contributed by atoms with van der Waals surface area (Å²) in [6.07, 6.45) is 1.86. The second kappa shape index (κ2) is 11.2. The van der Waals surface area contributed by atoms with Crippen molar-refractivity contribution in [2.75, 3.05) is 13.2 Å². The maximum absolute atomic E-state index is 13.9. The van der Waals surface area contributed by atoms with Crippen molar-refractivity contribution in [2.45, 2.75) is 33.9 Å². The number of ether oxygens (including phenoxy) is 1. The fourth-order valence-corrected chi connectivity index (χ4v) is 2.80. The molecule has 2 aromatic rings. The van der Waals surface area contributed by atoms with Crippen LogP contribution in [-0.4, -0.2) is 24.1 Å². The quantitative estimate of drug-likeness (QED) is 0.361. The van der Waals surface area contributed by atoms with E-state index >= 15 is 0 Å². The van der Waals surface area contributed by atoms with Crippen LogP contribution in [0.5, 0.6) is 5.75 Å². The van der Waals surface area contributed by atoms with Gasteiger partial charge < -0.3 is 15.4 Å². The third-order valence-electron chi connectivity index (χ3n) is 3.14. The average molecular weight is 478 g/mol. The normalized spacial score (nSPS) is 11.0. The fourth-order valence-electron chi connectivity index (χ4n) is 2.07. The molecule has 5 nitrogen and oxygen atoms in total. The first-order valence-corrected chi connectivity index (χ1v) is 8.78. The minimum atomic E-state index is -0.360. The summed E-state index contributed by atoms with van der Waals surface area (Å²) in [6, 6.07) is 4.93. The van der Waals surface area contributed by atoms with Crippen LogP contribution < -0.4 is 15.4 Å². The molecule has 0 aliphatic rings. The number of nitrogens with zero attached hydrogens (tertiary/aromatic N) is 2. The van der Waals surface area contributed by atoms with E-state index in [0.717, 1.165) is 17.1 Å². The zero-order valence-corrected chi connectivity index (χ0v) is 17.8. The third-order valence-corrected chi connectivity index (χ3v) is 4.05. The second-order valence-electron chi connectivity index (χ2n) is 5.11. The van der Waals surface area contributed by atoms with E-state index < -0.39 is 0 Å². The highest BCUT2D eigenvalue weighted by Crippen LogP contribution is 2.18. The molecule has 0 saturated carbocycles. The number of rotatable bonds is 7. The van der Waals surface area contributed by atoms with Crippen LogP contribution in [0.3, 0.4) is 0 Å². The number of aliphatic imine (C=N–C) groups is 1. The third kappa shape index (κ3) is 7.15. The fraction of sp³-hybridized carbons (Fsp3) is 0.412. The molecule has 0 bridgehead atoms. The van der Waals surface area contributed by atoms with Crippen LogP contribution in [0.2, 0.25) is 0 Å². The van der Waals surface area contributed by atoms with E-state index in [0.29, 0.717) is 25.7 Å². The molecule has 0 saturated heterocycles. The van der Waals surface area contributed by atoms with Crippen LogP contribution in [0, 0.1) is 12.7 Å². The van der Waals surface area contributed by atoms with Crippen molar-refractivity contribution in [3.8, 4) is 5.75 Å². The molecule has 1 heterocycles. The molecule has 0 amide bonds. The van der Waals surface area contributed by atoms with Gasteiger partial charge in [-0.2, -0.15) is 0 Å². The number of aryl methyl sites for hydroxylation is 1. The summed E-state index contributed by atoms with van der Waals surface area (Å²) in [4.78, 5) is 9.98. The Bertz CT molecular complexity index is 693. The number of thiazole rings is 1. The van der Waals surface area contributed by atoms with Gasteiger partial charge in [0.15, 0.2) is 17.5 Å². The van der Waals surface area contributed by atoms with Crippen molar-refractivity contribution in [3.63, 3.8) is 0 Å². The molecular formula is C17H24FIN4OS. The molecule has 0 aliphatic carbocycles. The summed E-state index contributed by atoms with van der Waals surface area (Å²) in [5.41, 5.74) is 0.790. The molecule has 8 heteroatoms. The Balaban J connectivity index is 0.00000312. The van der Waals surface area contributed by atoms with Crippen molar-refractivity contribution in [3.05, 3.63) is 45.7 Å². The predicted molar refractivity (Wildman–Crippen MR) is 111 cm³/mol. The molecular weight excluding hydrogens is 454 g/mol. The van der Waals surface area contributed by atoms with Crippen molar-refractivity contribution in [2.24, 2.45) is 4.99 Å². The zero-order chi connectivity index (χ0) is 17.4. The molecule has 0 radical (unpaired) electrons. The molecule has 2 rings (SSSR count). The van der Waals surface area contributed by atoms with Gasteiger partial charge in [-0.3, -0.25) is 0 Å². The summed E-state index contributed by atoms with van der Waals surface area (Å²) >= 11 is 1.65. The number of benzene rings is 1. The Labute approximate surface area is 169 Å². The Kier molecular flexibility index (Phi) is 9.73. The Morgan fingerprint density at radius 1 is 1.32 bits per heavy atom. The summed E-state index contributed by atoms with van der Waals surface area (Å²) in [5.74, 6) is 0.592. The lowest BCUT2D eigenvalue weighted by Crippen LogP contribution is -2.36. The zero-order valence-electron chi connectivity index (χ0n) is 14.6. The topological polar surface area (TPSA) is 58.5 Å². The highest BCUT2D eigenvalue weighted by atomic mass is 127. The molecule has 138 valence electrons. The number of nitrogens with one attached hydrogen (secondary N) is 2. The van der Waals surface area contributed by atoms with E-state index in [2.05, 4.69) is 20.6 Å². The van der Waals surface area contributed by atoms with Gasteiger partial charge in [-0.15, -0.1) is 35.3 Å². The van der Waals surface area contributed by atoms with Gasteiger partial charge in [-0.05, 0) is 38.5 Å². The number of hydrogen-bond donors (Lipinski definition) is 2. The van der Waals surface area contributed by atoms with Crippen LogP contribution in [0.1, 0.15) is 29.3 Å². The predicted octanol–water partition coefficient (Wildman–Crippen LogP) is 3.86. The van der Waals surface area contributed by atoms with Crippen LogP contribution in [0.4, 0.5) is 4.39 Å². The van der Waals surface area contributed by atoms with Gasteiger partial charge in [0, 0.05) is 17.6 Å². The maximum atomic E-state index is 13.9. The number of hydrogen-bond acceptors (Lipinski definition) is 4. The number of halogens is 2. The Hall–Kier alpha value is -1.42. The first kappa shape index (κ1) is 21.6. The molecule has 0 fully saturated rings. The van der Waals surface area contributed by atoms with Gasteiger partial charge >= 0.3 is 0 Å². The number of aromatic nitrogens is 1. The minimum Gasteiger partial charge on any atom is -0.491 e. The van der Waals surface area contributed by atoms with Crippen molar-refractivity contribution in [1.82, 2.24) is 15.6 Å². The summed E-state index contributed by atoms with van der Waals surface area (Å²) in [5, 5.41) is 7.41. The second-order valence-corrected chi connectivity index (χ2v) is 6.43. The smallest absolute Gasteiger partial charge is 0.191 e. The molecule has 25 heavy (non-hydrogen) atoms. The highest BCUT2D eigenvalue weighted by Gasteiger charge is 2.05. The molecule has 1 aromatic heterocycles. The van der Waals surface area contributed by atoms with Crippen LogP contribution >= 0.6 is 35.3 Å². The first-order valence-electron chi connectivity index (χ1n) is 7.97. The van der Waals surface area contributed by atoms with Crippen LogP contribution in [0.15, 0.2) is 29.4 Å². The summed E-state index contributed by atoms with van der Waals surface area (Å²) in [6.45, 7) is 8.05. The lowest BCUT2D eigenvalue weighted by molar-refractivity contribution is 0.321. The van der Waals surface area contributed by atoms with Gasteiger partial charge in [0.1, 0.15) is 5.01 Å². The molecule has 0 aliphatic heterocycles. The monoisotopic (exact) mass is 478 g/mol. The summed E-state index contributed by atoms with van der Waals surface area (Å²) in [7, 11) is 0. The Morgan fingerprint density at radius 2 is 2.12 bits per heavy atom. The SMILES string of the molecule is CCNC(=NCc1ccc(OCC)c(F)c1)NCc1ncc(C)s1.I. The first-order chi connectivity index (χ1) is 11.6. The highest BCUT2D eigenvalue weighted by molar-refractivity contribution is 14.0. The summed E-state index contributed by atoms with van der Waals surface area (Å²) < 4.78 is 19.1. The van der Waals surface area contributed by atoms with Gasteiger partial charge in [-0.25, -0.2) is 14.4 Å². The Morgan fingerprint density at radius 3 is 2.72 bits per heavy atom. The molecule has 2 N–H and O–H groups in total. The van der Waals surface area contributed by atoms with E-state index in [1.807, 2.05) is 33.0 Å². The molecule has 0 atom stereocenters. The van der Waals surface area contributed by atoms with Crippen molar-refractivity contribution in [1.29, 1.82) is 0 Å².